The standard InChI is InChI=1S/C13H22N4O/c1-9(14)12-15-16-13(18-12)17-8-4-6-10-5-2-3-7-11(10)17/h9-11H,2-8,14H2,1H3/t9?,10-,11-/m1/s1. The number of fused-ring (bicyclic) bond motifs is 1. The van der Waals surface area contributed by atoms with Crippen LogP contribution in [0.2, 0.25) is 0 Å². The number of hydrogen-bond donors (Lipinski definition) is 1. The van der Waals surface area contributed by atoms with Gasteiger partial charge in [0.1, 0.15) is 0 Å². The molecule has 1 aromatic heterocycles. The Morgan fingerprint density at radius 1 is 1.22 bits per heavy atom. The molecule has 18 heavy (non-hydrogen) atoms. The Morgan fingerprint density at radius 2 is 2.00 bits per heavy atom. The molecule has 0 amide bonds. The molecule has 0 spiro atoms. The first-order chi connectivity index (χ1) is 8.75. The molecule has 3 atom stereocenters. The molecule has 2 N–H and O–H groups in total. The lowest BCUT2D eigenvalue weighted by Crippen LogP contribution is -2.47. The van der Waals surface area contributed by atoms with Crippen molar-refractivity contribution in [3.63, 3.8) is 0 Å². The first kappa shape index (κ1) is 12.0. The van der Waals surface area contributed by atoms with Gasteiger partial charge in [-0.15, -0.1) is 5.10 Å². The molecule has 100 valence electrons. The quantitative estimate of drug-likeness (QED) is 0.872. The molecule has 1 saturated heterocycles. The highest BCUT2D eigenvalue weighted by Crippen LogP contribution is 2.37. The molecule has 5 nitrogen and oxygen atoms in total. The number of aromatic nitrogens is 2. The van der Waals surface area contributed by atoms with Crippen molar-refractivity contribution in [2.24, 2.45) is 11.7 Å². The molecule has 2 aliphatic rings. The fraction of sp³-hybridized carbons (Fsp3) is 0.846. The van der Waals surface area contributed by atoms with E-state index >= 15 is 0 Å². The van der Waals surface area contributed by atoms with E-state index in [4.69, 9.17) is 10.2 Å². The minimum absolute atomic E-state index is 0.182. The molecule has 5 heteroatoms. The molecule has 1 aromatic rings. The smallest absolute Gasteiger partial charge is 0.318 e. The average Bonchev–Trinajstić information content (AvgIpc) is 2.87. The van der Waals surface area contributed by atoms with E-state index in [2.05, 4.69) is 15.1 Å². The van der Waals surface area contributed by atoms with Crippen LogP contribution in [0.15, 0.2) is 4.42 Å². The lowest BCUT2D eigenvalue weighted by Gasteiger charge is -2.43. The van der Waals surface area contributed by atoms with Gasteiger partial charge < -0.3 is 15.1 Å². The Bertz CT molecular complexity index is 401. The molecule has 0 aromatic carbocycles. The zero-order valence-electron chi connectivity index (χ0n) is 11.0. The van der Waals surface area contributed by atoms with E-state index < -0.39 is 0 Å². The molecular formula is C13H22N4O. The Labute approximate surface area is 108 Å². The normalized spacial score (nSPS) is 30.0. The van der Waals surface area contributed by atoms with Crippen LogP contribution in [-0.4, -0.2) is 22.8 Å². The summed E-state index contributed by atoms with van der Waals surface area (Å²) in [5.41, 5.74) is 5.77. The molecule has 0 radical (unpaired) electrons. The zero-order chi connectivity index (χ0) is 12.5. The van der Waals surface area contributed by atoms with Crippen molar-refractivity contribution in [3.8, 4) is 0 Å². The minimum Gasteiger partial charge on any atom is -0.406 e. The Morgan fingerprint density at radius 3 is 2.78 bits per heavy atom. The van der Waals surface area contributed by atoms with Gasteiger partial charge >= 0.3 is 6.01 Å². The van der Waals surface area contributed by atoms with Crippen LogP contribution in [0.1, 0.15) is 57.4 Å². The van der Waals surface area contributed by atoms with E-state index in [1.165, 1.54) is 38.5 Å². The summed E-state index contributed by atoms with van der Waals surface area (Å²) in [4.78, 5) is 2.33. The third-order valence-electron chi connectivity index (χ3n) is 4.31. The van der Waals surface area contributed by atoms with Gasteiger partial charge in [0.2, 0.25) is 5.89 Å². The highest BCUT2D eigenvalue weighted by Gasteiger charge is 2.35. The summed E-state index contributed by atoms with van der Waals surface area (Å²) in [5, 5.41) is 8.23. The van der Waals surface area contributed by atoms with Crippen LogP contribution in [-0.2, 0) is 0 Å². The van der Waals surface area contributed by atoms with Crippen LogP contribution in [0.4, 0.5) is 6.01 Å². The Hall–Kier alpha value is -1.10. The van der Waals surface area contributed by atoms with E-state index in [0.29, 0.717) is 17.9 Å². The largest absolute Gasteiger partial charge is 0.406 e. The van der Waals surface area contributed by atoms with E-state index in [-0.39, 0.29) is 6.04 Å². The summed E-state index contributed by atoms with van der Waals surface area (Å²) in [5.74, 6) is 1.36. The van der Waals surface area contributed by atoms with Gasteiger partial charge in [-0.3, -0.25) is 0 Å². The number of nitrogens with two attached hydrogens (primary N) is 1. The first-order valence-corrected chi connectivity index (χ1v) is 7.11. The van der Waals surface area contributed by atoms with E-state index in [1.54, 1.807) is 0 Å². The van der Waals surface area contributed by atoms with Crippen molar-refractivity contribution in [1.29, 1.82) is 0 Å². The van der Waals surface area contributed by atoms with Crippen LogP contribution in [0.25, 0.3) is 0 Å². The summed E-state index contributed by atoms with van der Waals surface area (Å²) < 4.78 is 5.71. The van der Waals surface area contributed by atoms with Gasteiger partial charge in [-0.05, 0) is 38.5 Å². The maximum Gasteiger partial charge on any atom is 0.318 e. The van der Waals surface area contributed by atoms with Crippen LogP contribution >= 0.6 is 0 Å². The fourth-order valence-electron chi connectivity index (χ4n) is 3.39. The lowest BCUT2D eigenvalue weighted by atomic mass is 9.78. The second-order valence-corrected chi connectivity index (χ2v) is 5.66. The minimum atomic E-state index is -0.182. The summed E-state index contributed by atoms with van der Waals surface area (Å²) in [7, 11) is 0. The summed E-state index contributed by atoms with van der Waals surface area (Å²) in [6, 6.07) is 1.10. The monoisotopic (exact) mass is 250 g/mol. The number of rotatable bonds is 2. The van der Waals surface area contributed by atoms with Gasteiger partial charge in [0, 0.05) is 12.6 Å². The Balaban J connectivity index is 1.80. The third kappa shape index (κ3) is 2.11. The van der Waals surface area contributed by atoms with Gasteiger partial charge in [-0.1, -0.05) is 17.9 Å². The van der Waals surface area contributed by atoms with Gasteiger partial charge in [-0.2, -0.15) is 0 Å². The van der Waals surface area contributed by atoms with Crippen LogP contribution in [0, 0.1) is 5.92 Å². The SMILES string of the molecule is CC(N)c1nnc(N2CCC[C@H]3CCCC[C@H]32)o1. The maximum atomic E-state index is 5.77. The van der Waals surface area contributed by atoms with Crippen LogP contribution in [0.5, 0.6) is 0 Å². The van der Waals surface area contributed by atoms with Gasteiger partial charge in [0.25, 0.3) is 0 Å². The second kappa shape index (κ2) is 4.88. The van der Waals surface area contributed by atoms with Gasteiger partial charge in [0.05, 0.1) is 6.04 Å². The molecule has 1 unspecified atom stereocenters. The zero-order valence-corrected chi connectivity index (χ0v) is 11.0. The number of piperidine rings is 1. The maximum absolute atomic E-state index is 5.77. The van der Waals surface area contributed by atoms with Crippen molar-refractivity contribution < 1.29 is 4.42 Å². The molecule has 1 aliphatic carbocycles. The first-order valence-electron chi connectivity index (χ1n) is 7.11. The molecule has 3 rings (SSSR count). The van der Waals surface area contributed by atoms with E-state index in [0.717, 1.165) is 12.5 Å². The van der Waals surface area contributed by atoms with Crippen molar-refractivity contribution in [2.75, 3.05) is 11.4 Å². The third-order valence-corrected chi connectivity index (χ3v) is 4.31. The average molecular weight is 250 g/mol. The summed E-state index contributed by atoms with van der Waals surface area (Å²) in [6.07, 6.45) is 7.92. The van der Waals surface area contributed by atoms with Crippen molar-refractivity contribution in [3.05, 3.63) is 5.89 Å². The molecule has 2 heterocycles. The van der Waals surface area contributed by atoms with E-state index in [1.807, 2.05) is 6.92 Å². The number of hydrogen-bond acceptors (Lipinski definition) is 5. The predicted molar refractivity (Wildman–Crippen MR) is 69.2 cm³/mol. The fourth-order valence-corrected chi connectivity index (χ4v) is 3.39. The number of nitrogens with zero attached hydrogens (tertiary/aromatic N) is 3. The highest BCUT2D eigenvalue weighted by atomic mass is 16.4. The van der Waals surface area contributed by atoms with Crippen molar-refractivity contribution in [2.45, 2.75) is 57.5 Å². The topological polar surface area (TPSA) is 68.2 Å². The van der Waals surface area contributed by atoms with Crippen molar-refractivity contribution >= 4 is 6.01 Å². The number of anilines is 1. The van der Waals surface area contributed by atoms with Gasteiger partial charge in [0.15, 0.2) is 0 Å². The molecule has 1 saturated carbocycles. The van der Waals surface area contributed by atoms with Crippen LogP contribution in [0.3, 0.4) is 0 Å². The summed E-state index contributed by atoms with van der Waals surface area (Å²) >= 11 is 0. The molecule has 1 aliphatic heterocycles. The van der Waals surface area contributed by atoms with Crippen LogP contribution < -0.4 is 10.6 Å². The predicted octanol–water partition coefficient (Wildman–Crippen LogP) is 2.25. The molecular weight excluding hydrogens is 228 g/mol. The lowest BCUT2D eigenvalue weighted by molar-refractivity contribution is 0.234. The van der Waals surface area contributed by atoms with E-state index in [9.17, 15) is 0 Å². The highest BCUT2D eigenvalue weighted by molar-refractivity contribution is 5.29. The second-order valence-electron chi connectivity index (χ2n) is 5.66. The molecule has 0 bridgehead atoms. The molecule has 2 fully saturated rings. The van der Waals surface area contributed by atoms with Crippen molar-refractivity contribution in [1.82, 2.24) is 10.2 Å². The summed E-state index contributed by atoms with van der Waals surface area (Å²) in [6.45, 7) is 2.92. The van der Waals surface area contributed by atoms with Gasteiger partial charge in [-0.25, -0.2) is 0 Å². The Kier molecular flexibility index (Phi) is 3.24.